The molecule has 1 aromatic carbocycles. The molecule has 100 valence electrons. The highest BCUT2D eigenvalue weighted by Gasteiger charge is 2.36. The zero-order chi connectivity index (χ0) is 13.9. The Bertz CT molecular complexity index is 521. The van der Waals surface area contributed by atoms with Crippen molar-refractivity contribution in [3.8, 4) is 11.8 Å². The van der Waals surface area contributed by atoms with Crippen molar-refractivity contribution in [1.82, 2.24) is 4.90 Å². The molecule has 0 spiro atoms. The Kier molecular flexibility index (Phi) is 3.75. The maximum Gasteiger partial charge on any atom is 0.243 e. The van der Waals surface area contributed by atoms with E-state index in [1.165, 1.54) is 0 Å². The Morgan fingerprint density at radius 1 is 1.53 bits per heavy atom. The highest BCUT2D eigenvalue weighted by atomic mass is 16.5. The third-order valence-electron chi connectivity index (χ3n) is 3.67. The normalized spacial score (nSPS) is 17.4. The molecule has 1 aliphatic heterocycles. The van der Waals surface area contributed by atoms with Gasteiger partial charge in [-0.25, -0.2) is 0 Å². The molecule has 1 aliphatic rings. The maximum absolute atomic E-state index is 12.5. The third kappa shape index (κ3) is 2.55. The fourth-order valence-electron chi connectivity index (χ4n) is 2.13. The molecule has 19 heavy (non-hydrogen) atoms. The van der Waals surface area contributed by atoms with Crippen LogP contribution in [0.4, 0.5) is 0 Å². The highest BCUT2D eigenvalue weighted by molar-refractivity contribution is 5.85. The van der Waals surface area contributed by atoms with Gasteiger partial charge in [0.15, 0.2) is 0 Å². The maximum atomic E-state index is 12.5. The lowest BCUT2D eigenvalue weighted by Crippen LogP contribution is -2.42. The third-order valence-corrected chi connectivity index (χ3v) is 3.67. The van der Waals surface area contributed by atoms with Crippen molar-refractivity contribution in [2.45, 2.75) is 26.8 Å². The van der Waals surface area contributed by atoms with Gasteiger partial charge < -0.3 is 9.64 Å². The molecule has 4 nitrogen and oxygen atoms in total. The number of carbonyl (C=O) groups is 1. The Labute approximate surface area is 113 Å². The van der Waals surface area contributed by atoms with Crippen molar-refractivity contribution in [3.05, 3.63) is 29.8 Å². The van der Waals surface area contributed by atoms with E-state index in [9.17, 15) is 10.1 Å². The molecular formula is C15H18N2O2. The summed E-state index contributed by atoms with van der Waals surface area (Å²) in [6, 6.07) is 9.85. The van der Waals surface area contributed by atoms with Crippen LogP contribution in [0.2, 0.25) is 0 Å². The van der Waals surface area contributed by atoms with Gasteiger partial charge in [0.1, 0.15) is 17.8 Å². The van der Waals surface area contributed by atoms with E-state index in [-0.39, 0.29) is 5.91 Å². The van der Waals surface area contributed by atoms with Crippen LogP contribution in [0.1, 0.15) is 25.8 Å². The monoisotopic (exact) mass is 258 g/mol. The fraction of sp³-hybridized carbons (Fsp3) is 0.467. The van der Waals surface area contributed by atoms with Crippen molar-refractivity contribution in [1.29, 1.82) is 5.26 Å². The number of para-hydroxylation sites is 1. The summed E-state index contributed by atoms with van der Waals surface area (Å²) in [7, 11) is 0. The van der Waals surface area contributed by atoms with Gasteiger partial charge >= 0.3 is 0 Å². The van der Waals surface area contributed by atoms with Gasteiger partial charge in [-0.3, -0.25) is 4.79 Å². The number of hydrogen-bond donors (Lipinski definition) is 0. The minimum Gasteiger partial charge on any atom is -0.491 e. The number of nitrogens with zero attached hydrogens (tertiary/aromatic N) is 2. The number of amides is 1. The average Bonchev–Trinajstić information content (AvgIpc) is 2.67. The Hall–Kier alpha value is -2.02. The van der Waals surface area contributed by atoms with E-state index < -0.39 is 5.41 Å². The fourth-order valence-corrected chi connectivity index (χ4v) is 2.13. The van der Waals surface area contributed by atoms with Crippen molar-refractivity contribution < 1.29 is 9.53 Å². The van der Waals surface area contributed by atoms with Crippen molar-refractivity contribution in [2.75, 3.05) is 13.2 Å². The molecule has 0 saturated carbocycles. The van der Waals surface area contributed by atoms with E-state index >= 15 is 0 Å². The zero-order valence-electron chi connectivity index (χ0n) is 11.3. The standard InChI is InChI=1S/C15H18N2O2/c1-3-15(2,11-16)14(18)17-8-9-19-13-7-5-4-6-12(13)10-17/h4-7H,3,8-10H2,1-2H3. The van der Waals surface area contributed by atoms with Crippen LogP contribution >= 0.6 is 0 Å². The van der Waals surface area contributed by atoms with E-state index in [4.69, 9.17) is 4.74 Å². The molecule has 0 radical (unpaired) electrons. The van der Waals surface area contributed by atoms with Crippen molar-refractivity contribution >= 4 is 5.91 Å². The van der Waals surface area contributed by atoms with Gasteiger partial charge in [0.05, 0.1) is 12.6 Å². The van der Waals surface area contributed by atoms with Gasteiger partial charge in [0.25, 0.3) is 0 Å². The Balaban J connectivity index is 2.24. The van der Waals surface area contributed by atoms with E-state index in [0.717, 1.165) is 11.3 Å². The predicted molar refractivity (Wildman–Crippen MR) is 71.4 cm³/mol. The number of fused-ring (bicyclic) bond motifs is 1. The first kappa shape index (κ1) is 13.4. The van der Waals surface area contributed by atoms with Gasteiger partial charge in [-0.15, -0.1) is 0 Å². The molecule has 1 unspecified atom stereocenters. The zero-order valence-corrected chi connectivity index (χ0v) is 11.3. The smallest absolute Gasteiger partial charge is 0.243 e. The van der Waals surface area contributed by atoms with E-state index in [1.54, 1.807) is 11.8 Å². The van der Waals surface area contributed by atoms with Crippen LogP contribution in [0.25, 0.3) is 0 Å². The summed E-state index contributed by atoms with van der Waals surface area (Å²) in [6.07, 6.45) is 0.515. The van der Waals surface area contributed by atoms with Gasteiger partial charge in [0, 0.05) is 12.1 Å². The van der Waals surface area contributed by atoms with E-state index in [0.29, 0.717) is 26.1 Å². The van der Waals surface area contributed by atoms with Crippen LogP contribution < -0.4 is 4.74 Å². The number of carbonyl (C=O) groups excluding carboxylic acids is 1. The van der Waals surface area contributed by atoms with Crippen LogP contribution in [0.3, 0.4) is 0 Å². The predicted octanol–water partition coefficient (Wildman–Crippen LogP) is 2.35. The molecular weight excluding hydrogens is 240 g/mol. The topological polar surface area (TPSA) is 53.3 Å². The summed E-state index contributed by atoms with van der Waals surface area (Å²) < 4.78 is 5.63. The lowest BCUT2D eigenvalue weighted by Gasteiger charge is -2.27. The number of benzene rings is 1. The van der Waals surface area contributed by atoms with Crippen molar-refractivity contribution in [3.63, 3.8) is 0 Å². The summed E-state index contributed by atoms with van der Waals surface area (Å²) in [5.41, 5.74) is 0.0453. The average molecular weight is 258 g/mol. The van der Waals surface area contributed by atoms with Crippen molar-refractivity contribution in [2.24, 2.45) is 5.41 Å². The number of rotatable bonds is 2. The van der Waals surface area contributed by atoms with Crippen LogP contribution in [-0.2, 0) is 11.3 Å². The van der Waals surface area contributed by atoms with Gasteiger partial charge in [-0.05, 0) is 19.4 Å². The van der Waals surface area contributed by atoms with E-state index in [1.807, 2.05) is 31.2 Å². The minimum atomic E-state index is -0.945. The van der Waals surface area contributed by atoms with Gasteiger partial charge in [0.2, 0.25) is 5.91 Å². The largest absolute Gasteiger partial charge is 0.491 e. The molecule has 0 fully saturated rings. The molecule has 0 aliphatic carbocycles. The summed E-state index contributed by atoms with van der Waals surface area (Å²) in [5, 5.41) is 9.22. The molecule has 0 saturated heterocycles. The summed E-state index contributed by atoms with van der Waals surface area (Å²) in [5.74, 6) is 0.714. The first-order chi connectivity index (χ1) is 9.10. The summed E-state index contributed by atoms with van der Waals surface area (Å²) in [4.78, 5) is 14.2. The SMILES string of the molecule is CCC(C)(C#N)C(=O)N1CCOc2ccccc2C1. The number of nitriles is 1. The lowest BCUT2D eigenvalue weighted by molar-refractivity contribution is -0.139. The van der Waals surface area contributed by atoms with Crippen LogP contribution in [0.5, 0.6) is 5.75 Å². The summed E-state index contributed by atoms with van der Waals surface area (Å²) >= 11 is 0. The summed E-state index contributed by atoms with van der Waals surface area (Å²) in [6.45, 7) is 5.06. The lowest BCUT2D eigenvalue weighted by atomic mass is 9.87. The van der Waals surface area contributed by atoms with Gasteiger partial charge in [-0.1, -0.05) is 25.1 Å². The molecule has 0 bridgehead atoms. The second-order valence-electron chi connectivity index (χ2n) is 4.98. The molecule has 1 heterocycles. The molecule has 1 aromatic rings. The number of ether oxygens (including phenoxy) is 1. The first-order valence-corrected chi connectivity index (χ1v) is 6.52. The first-order valence-electron chi connectivity index (χ1n) is 6.52. The quantitative estimate of drug-likeness (QED) is 0.818. The molecule has 4 heteroatoms. The number of hydrogen-bond acceptors (Lipinski definition) is 3. The van der Waals surface area contributed by atoms with E-state index in [2.05, 4.69) is 6.07 Å². The molecule has 2 rings (SSSR count). The molecule has 0 N–H and O–H groups in total. The van der Waals surface area contributed by atoms with Crippen LogP contribution in [0, 0.1) is 16.7 Å². The second kappa shape index (κ2) is 5.31. The molecule has 1 amide bonds. The molecule has 1 atom stereocenters. The Morgan fingerprint density at radius 3 is 2.95 bits per heavy atom. The molecule has 0 aromatic heterocycles. The van der Waals surface area contributed by atoms with Crippen LogP contribution in [0.15, 0.2) is 24.3 Å². The van der Waals surface area contributed by atoms with Gasteiger partial charge in [-0.2, -0.15) is 5.26 Å². The minimum absolute atomic E-state index is 0.113. The Morgan fingerprint density at radius 2 is 2.26 bits per heavy atom. The second-order valence-corrected chi connectivity index (χ2v) is 4.98. The van der Waals surface area contributed by atoms with Crippen LogP contribution in [-0.4, -0.2) is 24.0 Å². The highest BCUT2D eigenvalue weighted by Crippen LogP contribution is 2.27.